The second-order valence-corrected chi connectivity index (χ2v) is 6.90. The molecule has 1 heterocycles. The molecule has 0 spiro atoms. The highest BCUT2D eigenvalue weighted by Gasteiger charge is 2.20. The Bertz CT molecular complexity index is 455. The molecule has 0 aliphatic heterocycles. The summed E-state index contributed by atoms with van der Waals surface area (Å²) in [4.78, 5) is 15.8. The van der Waals surface area contributed by atoms with Crippen LogP contribution < -0.4 is 10.6 Å². The van der Waals surface area contributed by atoms with Crippen LogP contribution in [0.15, 0.2) is 24.5 Å². The minimum Gasteiger partial charge on any atom is -0.444 e. The molecular formula is C17H29N3O2. The van der Waals surface area contributed by atoms with Crippen LogP contribution in [-0.4, -0.2) is 29.3 Å². The molecule has 124 valence electrons. The smallest absolute Gasteiger partial charge is 0.407 e. The zero-order chi connectivity index (χ0) is 16.8. The number of hydrogen-bond acceptors (Lipinski definition) is 4. The number of ether oxygens (including phenoxy) is 1. The molecule has 0 fully saturated rings. The van der Waals surface area contributed by atoms with E-state index >= 15 is 0 Å². The Morgan fingerprint density at radius 2 is 1.82 bits per heavy atom. The molecule has 1 aromatic heterocycles. The van der Waals surface area contributed by atoms with Crippen LogP contribution in [0.3, 0.4) is 0 Å². The number of aromatic nitrogens is 1. The molecule has 0 saturated heterocycles. The largest absolute Gasteiger partial charge is 0.444 e. The maximum Gasteiger partial charge on any atom is 0.407 e. The van der Waals surface area contributed by atoms with Gasteiger partial charge in [0.1, 0.15) is 5.60 Å². The van der Waals surface area contributed by atoms with Gasteiger partial charge in [0.2, 0.25) is 0 Å². The maximum atomic E-state index is 11.8. The molecular weight excluding hydrogens is 278 g/mol. The predicted octanol–water partition coefficient (Wildman–Crippen LogP) is 3.28. The highest BCUT2D eigenvalue weighted by Crippen LogP contribution is 2.14. The van der Waals surface area contributed by atoms with Crippen LogP contribution in [0.25, 0.3) is 0 Å². The minimum atomic E-state index is -0.477. The predicted molar refractivity (Wildman–Crippen MR) is 88.7 cm³/mol. The van der Waals surface area contributed by atoms with E-state index in [-0.39, 0.29) is 18.2 Å². The van der Waals surface area contributed by atoms with Gasteiger partial charge in [0.05, 0.1) is 0 Å². The van der Waals surface area contributed by atoms with E-state index < -0.39 is 5.60 Å². The van der Waals surface area contributed by atoms with E-state index in [0.29, 0.717) is 12.5 Å². The average molecular weight is 307 g/mol. The van der Waals surface area contributed by atoms with Crippen LogP contribution in [0, 0.1) is 5.92 Å². The lowest BCUT2D eigenvalue weighted by Crippen LogP contribution is -2.46. The van der Waals surface area contributed by atoms with Crippen molar-refractivity contribution >= 4 is 6.09 Å². The van der Waals surface area contributed by atoms with Crippen molar-refractivity contribution in [3.05, 3.63) is 30.1 Å². The number of hydrogen-bond donors (Lipinski definition) is 2. The number of pyridine rings is 1. The molecule has 0 radical (unpaired) electrons. The van der Waals surface area contributed by atoms with Crippen LogP contribution in [0.5, 0.6) is 0 Å². The highest BCUT2D eigenvalue weighted by molar-refractivity contribution is 5.67. The van der Waals surface area contributed by atoms with Crippen molar-refractivity contribution in [1.29, 1.82) is 0 Å². The fraction of sp³-hybridized carbons (Fsp3) is 0.647. The second-order valence-electron chi connectivity index (χ2n) is 6.90. The summed E-state index contributed by atoms with van der Waals surface area (Å²) < 4.78 is 5.27. The molecule has 5 heteroatoms. The topological polar surface area (TPSA) is 63.2 Å². The van der Waals surface area contributed by atoms with Crippen molar-refractivity contribution in [3.8, 4) is 0 Å². The van der Waals surface area contributed by atoms with Crippen molar-refractivity contribution in [2.45, 2.75) is 59.2 Å². The first-order valence-corrected chi connectivity index (χ1v) is 7.82. The number of alkyl carbamates (subject to hydrolysis) is 1. The number of nitrogens with zero attached hydrogens (tertiary/aromatic N) is 1. The number of rotatable bonds is 6. The summed E-state index contributed by atoms with van der Waals surface area (Å²) in [6.45, 7) is 12.5. The molecule has 2 N–H and O–H groups in total. The Morgan fingerprint density at radius 3 is 2.32 bits per heavy atom. The fourth-order valence-electron chi connectivity index (χ4n) is 2.06. The van der Waals surface area contributed by atoms with E-state index in [1.165, 1.54) is 5.56 Å². The quantitative estimate of drug-likeness (QED) is 0.846. The van der Waals surface area contributed by atoms with Gasteiger partial charge in [0.25, 0.3) is 0 Å². The highest BCUT2D eigenvalue weighted by atomic mass is 16.6. The van der Waals surface area contributed by atoms with E-state index in [1.54, 1.807) is 12.4 Å². The number of carbonyl (C=O) groups is 1. The zero-order valence-corrected chi connectivity index (χ0v) is 14.5. The molecule has 1 rings (SSSR count). The number of carbonyl (C=O) groups excluding carboxylic acids is 1. The summed E-state index contributed by atoms with van der Waals surface area (Å²) in [5.74, 6) is 0.388. The maximum absolute atomic E-state index is 11.8. The van der Waals surface area contributed by atoms with Crippen LogP contribution in [0.4, 0.5) is 4.79 Å². The average Bonchev–Trinajstić information content (AvgIpc) is 2.41. The fourth-order valence-corrected chi connectivity index (χ4v) is 2.06. The normalized spacial score (nSPS) is 14.5. The van der Waals surface area contributed by atoms with Gasteiger partial charge in [-0.15, -0.1) is 0 Å². The molecule has 2 unspecified atom stereocenters. The molecule has 2 atom stereocenters. The molecule has 0 saturated carbocycles. The zero-order valence-electron chi connectivity index (χ0n) is 14.5. The van der Waals surface area contributed by atoms with Gasteiger partial charge in [-0.25, -0.2) is 4.79 Å². The lowest BCUT2D eigenvalue weighted by molar-refractivity contribution is 0.0518. The van der Waals surface area contributed by atoms with Gasteiger partial charge in [0.15, 0.2) is 0 Å². The van der Waals surface area contributed by atoms with Gasteiger partial charge in [-0.3, -0.25) is 4.98 Å². The Kier molecular flexibility index (Phi) is 6.81. The van der Waals surface area contributed by atoms with Crippen molar-refractivity contribution in [1.82, 2.24) is 15.6 Å². The molecule has 22 heavy (non-hydrogen) atoms. The van der Waals surface area contributed by atoms with Crippen LogP contribution in [-0.2, 0) is 4.74 Å². The molecule has 0 aliphatic carbocycles. The van der Waals surface area contributed by atoms with Gasteiger partial charge >= 0.3 is 6.09 Å². The second kappa shape index (κ2) is 8.13. The SMILES string of the molecule is CC(NC(CNC(=O)OC(C)(C)C)C(C)C)c1ccncc1. The van der Waals surface area contributed by atoms with Crippen molar-refractivity contribution in [2.24, 2.45) is 5.92 Å². The third-order valence-electron chi connectivity index (χ3n) is 3.34. The van der Waals surface area contributed by atoms with Crippen LogP contribution in [0.2, 0.25) is 0 Å². The van der Waals surface area contributed by atoms with Crippen LogP contribution >= 0.6 is 0 Å². The van der Waals surface area contributed by atoms with Crippen molar-refractivity contribution in [2.75, 3.05) is 6.54 Å². The molecule has 0 bridgehead atoms. The minimum absolute atomic E-state index is 0.163. The first-order chi connectivity index (χ1) is 10.2. The van der Waals surface area contributed by atoms with Gasteiger partial charge in [-0.1, -0.05) is 13.8 Å². The summed E-state index contributed by atoms with van der Waals surface area (Å²) in [5, 5.41) is 6.39. The first-order valence-electron chi connectivity index (χ1n) is 7.82. The lowest BCUT2D eigenvalue weighted by atomic mass is 10.0. The van der Waals surface area contributed by atoms with Crippen molar-refractivity contribution in [3.63, 3.8) is 0 Å². The monoisotopic (exact) mass is 307 g/mol. The van der Waals surface area contributed by atoms with E-state index in [2.05, 4.69) is 36.4 Å². The van der Waals surface area contributed by atoms with Gasteiger partial charge in [-0.2, -0.15) is 0 Å². The van der Waals surface area contributed by atoms with E-state index in [9.17, 15) is 4.79 Å². The number of amides is 1. The third kappa shape index (κ3) is 6.89. The summed E-state index contributed by atoms with van der Waals surface area (Å²) in [6.07, 6.45) is 3.20. The molecule has 1 aromatic rings. The van der Waals surface area contributed by atoms with E-state index in [1.807, 2.05) is 32.9 Å². The summed E-state index contributed by atoms with van der Waals surface area (Å²) in [6, 6.07) is 4.35. The van der Waals surface area contributed by atoms with E-state index in [0.717, 1.165) is 0 Å². The Hall–Kier alpha value is -1.62. The molecule has 0 aliphatic rings. The Labute approximate surface area is 133 Å². The van der Waals surface area contributed by atoms with Gasteiger partial charge < -0.3 is 15.4 Å². The molecule has 1 amide bonds. The first kappa shape index (κ1) is 18.4. The summed E-state index contributed by atoms with van der Waals surface area (Å²) >= 11 is 0. The van der Waals surface area contributed by atoms with Crippen molar-refractivity contribution < 1.29 is 9.53 Å². The van der Waals surface area contributed by atoms with Gasteiger partial charge in [-0.05, 0) is 51.3 Å². The third-order valence-corrected chi connectivity index (χ3v) is 3.34. The Morgan fingerprint density at radius 1 is 1.23 bits per heavy atom. The molecule has 0 aromatic carbocycles. The Balaban J connectivity index is 2.54. The standard InChI is InChI=1S/C17H29N3O2/c1-12(2)15(11-19-16(21)22-17(4,5)6)20-13(3)14-7-9-18-10-8-14/h7-10,12-13,15,20H,11H2,1-6H3,(H,19,21). The summed E-state index contributed by atoms with van der Waals surface area (Å²) in [5.41, 5.74) is 0.702. The number of nitrogens with one attached hydrogen (secondary N) is 2. The summed E-state index contributed by atoms with van der Waals surface area (Å²) in [7, 11) is 0. The van der Waals surface area contributed by atoms with Gasteiger partial charge in [0, 0.05) is 31.0 Å². The van der Waals surface area contributed by atoms with Crippen LogP contribution in [0.1, 0.15) is 53.1 Å². The van der Waals surface area contributed by atoms with E-state index in [4.69, 9.17) is 4.74 Å². The lowest BCUT2D eigenvalue weighted by Gasteiger charge is -2.27. The molecule has 5 nitrogen and oxygen atoms in total.